The maximum Gasteiger partial charge on any atom is 0.135 e. The first-order valence-electron chi connectivity index (χ1n) is 7.59. The van der Waals surface area contributed by atoms with Gasteiger partial charge in [0, 0.05) is 28.5 Å². The van der Waals surface area contributed by atoms with Crippen LogP contribution in [0.2, 0.25) is 0 Å². The predicted molar refractivity (Wildman–Crippen MR) is 85.9 cm³/mol. The van der Waals surface area contributed by atoms with Gasteiger partial charge in [-0.3, -0.25) is 0 Å². The second-order valence-electron chi connectivity index (χ2n) is 5.83. The van der Waals surface area contributed by atoms with E-state index in [2.05, 4.69) is 39.5 Å². The summed E-state index contributed by atoms with van der Waals surface area (Å²) in [6.45, 7) is 7.24. The number of nitrogens with zero attached hydrogens (tertiary/aromatic N) is 3. The van der Waals surface area contributed by atoms with Crippen molar-refractivity contribution in [2.75, 3.05) is 6.54 Å². The van der Waals surface area contributed by atoms with E-state index in [1.807, 2.05) is 6.92 Å². The number of hydrogen-bond donors (Lipinski definition) is 1. The van der Waals surface area contributed by atoms with E-state index < -0.39 is 0 Å². The lowest BCUT2D eigenvalue weighted by Crippen LogP contribution is -2.20. The van der Waals surface area contributed by atoms with Crippen molar-refractivity contribution in [2.45, 2.75) is 52.5 Å². The van der Waals surface area contributed by atoms with Gasteiger partial charge in [-0.05, 0) is 52.1 Å². The van der Waals surface area contributed by atoms with E-state index in [-0.39, 0.29) is 0 Å². The van der Waals surface area contributed by atoms with Gasteiger partial charge in [-0.2, -0.15) is 0 Å². The number of aromatic nitrogens is 3. The maximum absolute atomic E-state index is 4.68. The second-order valence-corrected chi connectivity index (χ2v) is 6.77. The van der Waals surface area contributed by atoms with E-state index in [9.17, 15) is 0 Å². The normalized spacial score (nSPS) is 14.6. The van der Waals surface area contributed by atoms with Crippen molar-refractivity contribution in [3.05, 3.63) is 38.9 Å². The molecule has 0 spiro atoms. The van der Waals surface area contributed by atoms with Crippen LogP contribution in [-0.4, -0.2) is 27.5 Å². The molecule has 1 N–H and O–H groups in total. The predicted octanol–water partition coefficient (Wildman–Crippen LogP) is 2.74. The SMILES string of the molecule is Cc1csc(Cc2nc(C)c(CCNC3CC3)c(C)n2)n1. The molecule has 0 atom stereocenters. The van der Waals surface area contributed by atoms with Gasteiger partial charge >= 0.3 is 0 Å². The Morgan fingerprint density at radius 1 is 1.14 bits per heavy atom. The Balaban J connectivity index is 1.68. The van der Waals surface area contributed by atoms with Gasteiger partial charge in [-0.15, -0.1) is 11.3 Å². The van der Waals surface area contributed by atoms with Crippen molar-refractivity contribution < 1.29 is 0 Å². The Labute approximate surface area is 130 Å². The molecule has 0 saturated heterocycles. The number of aryl methyl sites for hydroxylation is 3. The summed E-state index contributed by atoms with van der Waals surface area (Å²) in [6.07, 6.45) is 4.42. The van der Waals surface area contributed by atoms with Gasteiger partial charge in [0.1, 0.15) is 10.8 Å². The average Bonchev–Trinajstić information content (AvgIpc) is 3.16. The van der Waals surface area contributed by atoms with E-state index >= 15 is 0 Å². The third-order valence-electron chi connectivity index (χ3n) is 3.83. The molecule has 0 unspecified atom stereocenters. The minimum absolute atomic E-state index is 0.737. The number of hydrogen-bond acceptors (Lipinski definition) is 5. The van der Waals surface area contributed by atoms with Crippen molar-refractivity contribution in [3.63, 3.8) is 0 Å². The molecule has 0 amide bonds. The molecule has 3 rings (SSSR count). The first kappa shape index (κ1) is 14.6. The van der Waals surface area contributed by atoms with Crippen LogP contribution in [0.3, 0.4) is 0 Å². The van der Waals surface area contributed by atoms with Crippen molar-refractivity contribution in [3.8, 4) is 0 Å². The highest BCUT2D eigenvalue weighted by molar-refractivity contribution is 7.09. The highest BCUT2D eigenvalue weighted by atomic mass is 32.1. The molecule has 2 aromatic rings. The molecular formula is C16H22N4S. The van der Waals surface area contributed by atoms with Crippen LogP contribution in [0.5, 0.6) is 0 Å². The topological polar surface area (TPSA) is 50.7 Å². The van der Waals surface area contributed by atoms with Crippen LogP contribution in [0.15, 0.2) is 5.38 Å². The third kappa shape index (κ3) is 3.86. The Bertz CT molecular complexity index is 608. The fourth-order valence-corrected chi connectivity index (χ4v) is 3.33. The van der Waals surface area contributed by atoms with Gasteiger partial charge in [0.15, 0.2) is 0 Å². The lowest BCUT2D eigenvalue weighted by molar-refractivity contribution is 0.674. The lowest BCUT2D eigenvalue weighted by atomic mass is 10.1. The van der Waals surface area contributed by atoms with Gasteiger partial charge in [0.2, 0.25) is 0 Å². The van der Waals surface area contributed by atoms with Crippen LogP contribution >= 0.6 is 11.3 Å². The molecule has 5 heteroatoms. The quantitative estimate of drug-likeness (QED) is 0.891. The average molecular weight is 302 g/mol. The summed E-state index contributed by atoms with van der Waals surface area (Å²) < 4.78 is 0. The van der Waals surface area contributed by atoms with Gasteiger partial charge < -0.3 is 5.32 Å². The van der Waals surface area contributed by atoms with Gasteiger partial charge in [0.25, 0.3) is 0 Å². The molecule has 0 aliphatic heterocycles. The Kier molecular flexibility index (Phi) is 4.31. The van der Waals surface area contributed by atoms with Crippen LogP contribution in [0.25, 0.3) is 0 Å². The molecular weight excluding hydrogens is 280 g/mol. The van der Waals surface area contributed by atoms with E-state index in [1.54, 1.807) is 11.3 Å². The number of nitrogens with one attached hydrogen (secondary N) is 1. The number of rotatable bonds is 6. The zero-order valence-corrected chi connectivity index (χ0v) is 13.8. The Hall–Kier alpha value is -1.33. The molecule has 1 aliphatic carbocycles. The van der Waals surface area contributed by atoms with Gasteiger partial charge in [0.05, 0.1) is 6.42 Å². The lowest BCUT2D eigenvalue weighted by Gasteiger charge is -2.11. The summed E-state index contributed by atoms with van der Waals surface area (Å²) in [7, 11) is 0. The monoisotopic (exact) mass is 302 g/mol. The summed E-state index contributed by atoms with van der Waals surface area (Å²) >= 11 is 1.68. The number of thiazole rings is 1. The zero-order chi connectivity index (χ0) is 14.8. The Morgan fingerprint density at radius 3 is 2.43 bits per heavy atom. The van der Waals surface area contributed by atoms with E-state index in [1.165, 1.54) is 18.4 Å². The maximum atomic E-state index is 4.68. The second kappa shape index (κ2) is 6.20. The molecule has 1 aliphatic rings. The van der Waals surface area contributed by atoms with Crippen molar-refractivity contribution in [2.24, 2.45) is 0 Å². The minimum atomic E-state index is 0.737. The van der Waals surface area contributed by atoms with E-state index in [0.717, 1.165) is 53.3 Å². The molecule has 21 heavy (non-hydrogen) atoms. The van der Waals surface area contributed by atoms with Crippen LogP contribution in [0.1, 0.15) is 46.3 Å². The largest absolute Gasteiger partial charge is 0.314 e. The molecule has 1 fully saturated rings. The molecule has 2 heterocycles. The van der Waals surface area contributed by atoms with Crippen LogP contribution in [0.4, 0.5) is 0 Å². The summed E-state index contributed by atoms with van der Waals surface area (Å²) in [5.41, 5.74) is 4.60. The smallest absolute Gasteiger partial charge is 0.135 e. The first-order valence-corrected chi connectivity index (χ1v) is 8.47. The van der Waals surface area contributed by atoms with Crippen LogP contribution in [0, 0.1) is 20.8 Å². The van der Waals surface area contributed by atoms with Crippen LogP contribution in [-0.2, 0) is 12.8 Å². The van der Waals surface area contributed by atoms with Crippen molar-refractivity contribution in [1.82, 2.24) is 20.3 Å². The fourth-order valence-electron chi connectivity index (χ4n) is 2.56. The first-order chi connectivity index (χ1) is 10.1. The van der Waals surface area contributed by atoms with Gasteiger partial charge in [-0.25, -0.2) is 15.0 Å². The molecule has 0 bridgehead atoms. The third-order valence-corrected chi connectivity index (χ3v) is 4.79. The van der Waals surface area contributed by atoms with Crippen molar-refractivity contribution in [1.29, 1.82) is 0 Å². The molecule has 4 nitrogen and oxygen atoms in total. The summed E-state index contributed by atoms with van der Waals surface area (Å²) in [5, 5.41) is 6.72. The molecule has 0 radical (unpaired) electrons. The van der Waals surface area contributed by atoms with Crippen LogP contribution < -0.4 is 5.32 Å². The van der Waals surface area contributed by atoms with E-state index in [0.29, 0.717) is 0 Å². The molecule has 0 aromatic carbocycles. The summed E-state index contributed by atoms with van der Waals surface area (Å²) in [5.74, 6) is 0.887. The standard InChI is InChI=1S/C16H22N4S/c1-10-9-21-16(18-10)8-15-19-11(2)14(12(3)20-15)6-7-17-13-4-5-13/h9,13,17H,4-8H2,1-3H3. The minimum Gasteiger partial charge on any atom is -0.314 e. The molecule has 112 valence electrons. The van der Waals surface area contributed by atoms with Crippen molar-refractivity contribution >= 4 is 11.3 Å². The Morgan fingerprint density at radius 2 is 1.86 bits per heavy atom. The van der Waals surface area contributed by atoms with Gasteiger partial charge in [-0.1, -0.05) is 0 Å². The molecule has 1 saturated carbocycles. The zero-order valence-electron chi connectivity index (χ0n) is 12.9. The molecule has 2 aromatic heterocycles. The highest BCUT2D eigenvalue weighted by Crippen LogP contribution is 2.19. The highest BCUT2D eigenvalue weighted by Gasteiger charge is 2.20. The summed E-state index contributed by atoms with van der Waals surface area (Å²) in [4.78, 5) is 13.9. The van der Waals surface area contributed by atoms with E-state index in [4.69, 9.17) is 0 Å². The fraction of sp³-hybridized carbons (Fsp3) is 0.562. The summed E-state index contributed by atoms with van der Waals surface area (Å²) in [6, 6.07) is 0.763.